The zero-order valence-electron chi connectivity index (χ0n) is 21.4. The number of hydrogen-bond donors (Lipinski definition) is 3. The zero-order chi connectivity index (χ0) is 27.8. The Bertz CT molecular complexity index is 1510. The molecule has 0 bridgehead atoms. The lowest BCUT2D eigenvalue weighted by atomic mass is 10.2. The first-order chi connectivity index (χ1) is 18.9. The van der Waals surface area contributed by atoms with Gasteiger partial charge in [0.1, 0.15) is 23.5 Å². The number of hydrogen-bond acceptors (Lipinski definition) is 8. The van der Waals surface area contributed by atoms with E-state index in [0.717, 1.165) is 0 Å². The fourth-order valence-electron chi connectivity index (χ4n) is 3.53. The molecule has 11 heteroatoms. The Morgan fingerprint density at radius 3 is 2.05 bits per heavy atom. The van der Waals surface area contributed by atoms with Crippen LogP contribution in [0.4, 0.5) is 15.8 Å². The number of methoxy groups -OCH3 is 2. The Hall–Kier alpha value is -5.19. The Balaban J connectivity index is 1.48. The molecule has 0 saturated heterocycles. The standard InChI is InChI=1S/C28H26FN5O5/c1-4-30-15-22(26(35)33-18-7-5-17(29)6-8-18)27(36)34-19-9-11-20(12-10-19)39-28-21-13-24(37-2)25(38-3)14-23(21)31-16-32-28/h5-16,30H,4H2,1-3H3,(H,33,35)(H,34,36)/b22-15+. The van der Waals surface area contributed by atoms with Crippen molar-refractivity contribution < 1.29 is 28.2 Å². The van der Waals surface area contributed by atoms with Gasteiger partial charge in [-0.3, -0.25) is 9.59 Å². The van der Waals surface area contributed by atoms with Gasteiger partial charge in [-0.1, -0.05) is 0 Å². The Labute approximate surface area is 223 Å². The number of nitrogens with one attached hydrogen (secondary N) is 3. The van der Waals surface area contributed by atoms with Gasteiger partial charge in [-0.2, -0.15) is 0 Å². The summed E-state index contributed by atoms with van der Waals surface area (Å²) in [4.78, 5) is 34.2. The third-order valence-corrected chi connectivity index (χ3v) is 5.47. The molecule has 0 saturated carbocycles. The van der Waals surface area contributed by atoms with Crippen molar-refractivity contribution in [3.63, 3.8) is 0 Å². The molecule has 10 nitrogen and oxygen atoms in total. The average Bonchev–Trinajstić information content (AvgIpc) is 2.95. The topological polar surface area (TPSA) is 124 Å². The summed E-state index contributed by atoms with van der Waals surface area (Å²) in [6.07, 6.45) is 2.71. The molecule has 0 aliphatic carbocycles. The van der Waals surface area contributed by atoms with Gasteiger partial charge in [-0.15, -0.1) is 0 Å². The number of nitrogens with zero attached hydrogens (tertiary/aromatic N) is 2. The first-order valence-electron chi connectivity index (χ1n) is 11.9. The summed E-state index contributed by atoms with van der Waals surface area (Å²) >= 11 is 0. The third-order valence-electron chi connectivity index (χ3n) is 5.47. The summed E-state index contributed by atoms with van der Waals surface area (Å²) < 4.78 is 29.8. The minimum atomic E-state index is -0.650. The predicted molar refractivity (Wildman–Crippen MR) is 145 cm³/mol. The van der Waals surface area contributed by atoms with Crippen LogP contribution in [0, 0.1) is 5.82 Å². The van der Waals surface area contributed by atoms with E-state index < -0.39 is 17.6 Å². The maximum atomic E-state index is 13.2. The second kappa shape index (κ2) is 12.4. The highest BCUT2D eigenvalue weighted by molar-refractivity contribution is 6.26. The van der Waals surface area contributed by atoms with Gasteiger partial charge in [0.15, 0.2) is 11.5 Å². The van der Waals surface area contributed by atoms with Gasteiger partial charge in [0, 0.05) is 30.2 Å². The van der Waals surface area contributed by atoms with Gasteiger partial charge in [0.25, 0.3) is 11.8 Å². The van der Waals surface area contributed by atoms with E-state index in [1.54, 1.807) is 43.5 Å². The second-order valence-electron chi connectivity index (χ2n) is 8.06. The Morgan fingerprint density at radius 1 is 0.872 bits per heavy atom. The lowest BCUT2D eigenvalue weighted by molar-refractivity contribution is -0.118. The Kier molecular flexibility index (Phi) is 8.52. The van der Waals surface area contributed by atoms with E-state index >= 15 is 0 Å². The first kappa shape index (κ1) is 26.9. The van der Waals surface area contributed by atoms with E-state index in [1.165, 1.54) is 43.9 Å². The highest BCUT2D eigenvalue weighted by Gasteiger charge is 2.19. The van der Waals surface area contributed by atoms with E-state index in [-0.39, 0.29) is 5.57 Å². The number of aromatic nitrogens is 2. The number of benzene rings is 3. The maximum Gasteiger partial charge on any atom is 0.262 e. The molecule has 0 fully saturated rings. The molecular formula is C28H26FN5O5. The van der Waals surface area contributed by atoms with E-state index in [1.807, 2.05) is 6.92 Å². The molecule has 39 heavy (non-hydrogen) atoms. The van der Waals surface area contributed by atoms with E-state index in [0.29, 0.717) is 52.0 Å². The van der Waals surface area contributed by atoms with Crippen LogP contribution in [0.2, 0.25) is 0 Å². The monoisotopic (exact) mass is 531 g/mol. The van der Waals surface area contributed by atoms with Crippen LogP contribution in [0.5, 0.6) is 23.1 Å². The summed E-state index contributed by atoms with van der Waals surface area (Å²) in [6.45, 7) is 2.33. The number of ether oxygens (including phenoxy) is 3. The van der Waals surface area contributed by atoms with Crippen molar-refractivity contribution in [1.29, 1.82) is 0 Å². The molecule has 3 N–H and O–H groups in total. The minimum absolute atomic E-state index is 0.154. The molecule has 0 spiro atoms. The van der Waals surface area contributed by atoms with Crippen LogP contribution in [-0.2, 0) is 9.59 Å². The number of amides is 2. The molecule has 0 unspecified atom stereocenters. The van der Waals surface area contributed by atoms with Gasteiger partial charge in [0.2, 0.25) is 5.88 Å². The van der Waals surface area contributed by atoms with Crippen molar-refractivity contribution >= 4 is 34.1 Å². The van der Waals surface area contributed by atoms with Crippen LogP contribution in [0.15, 0.2) is 78.8 Å². The zero-order valence-corrected chi connectivity index (χ0v) is 21.4. The lowest BCUT2D eigenvalue weighted by Crippen LogP contribution is -2.27. The number of anilines is 2. The normalized spacial score (nSPS) is 11.0. The van der Waals surface area contributed by atoms with Crippen LogP contribution in [-0.4, -0.2) is 42.5 Å². The molecule has 1 heterocycles. The highest BCUT2D eigenvalue weighted by atomic mass is 19.1. The third kappa shape index (κ3) is 6.58. The SMILES string of the molecule is CCN/C=C(\C(=O)Nc1ccc(F)cc1)C(=O)Nc1ccc(Oc2ncnc3cc(OC)c(OC)cc23)cc1. The van der Waals surface area contributed by atoms with Gasteiger partial charge in [-0.25, -0.2) is 14.4 Å². The van der Waals surface area contributed by atoms with Gasteiger partial charge in [0.05, 0.1) is 25.1 Å². The predicted octanol–water partition coefficient (Wildman–Crippen LogP) is 4.65. The van der Waals surface area contributed by atoms with Crippen molar-refractivity contribution in [1.82, 2.24) is 15.3 Å². The molecule has 4 aromatic rings. The fourth-order valence-corrected chi connectivity index (χ4v) is 3.53. The molecule has 1 aromatic heterocycles. The number of rotatable bonds is 10. The molecule has 4 rings (SSSR count). The number of carbonyl (C=O) groups is 2. The molecule has 3 aromatic carbocycles. The van der Waals surface area contributed by atoms with Crippen molar-refractivity contribution in [3.8, 4) is 23.1 Å². The number of fused-ring (bicyclic) bond motifs is 1. The summed E-state index contributed by atoms with van der Waals surface area (Å²) in [6, 6.07) is 15.2. The largest absolute Gasteiger partial charge is 0.493 e. The molecule has 200 valence electrons. The first-order valence-corrected chi connectivity index (χ1v) is 11.9. The van der Waals surface area contributed by atoms with Crippen molar-refractivity contribution in [3.05, 3.63) is 84.6 Å². The molecule has 0 radical (unpaired) electrons. The maximum absolute atomic E-state index is 13.2. The second-order valence-corrected chi connectivity index (χ2v) is 8.06. The Morgan fingerprint density at radius 2 is 1.46 bits per heavy atom. The number of halogens is 1. The molecule has 2 amide bonds. The van der Waals surface area contributed by atoms with Crippen LogP contribution in [0.25, 0.3) is 10.9 Å². The van der Waals surface area contributed by atoms with E-state index in [4.69, 9.17) is 14.2 Å². The van der Waals surface area contributed by atoms with Gasteiger partial charge < -0.3 is 30.2 Å². The average molecular weight is 532 g/mol. The molecular weight excluding hydrogens is 505 g/mol. The number of carbonyl (C=O) groups excluding carboxylic acids is 2. The quantitative estimate of drug-likeness (QED) is 0.154. The van der Waals surface area contributed by atoms with Crippen LogP contribution < -0.4 is 30.2 Å². The van der Waals surface area contributed by atoms with Crippen LogP contribution in [0.3, 0.4) is 0 Å². The highest BCUT2D eigenvalue weighted by Crippen LogP contribution is 2.35. The van der Waals surface area contributed by atoms with Gasteiger partial charge >= 0.3 is 0 Å². The van der Waals surface area contributed by atoms with Gasteiger partial charge in [-0.05, 0) is 61.5 Å². The molecule has 0 aliphatic rings. The summed E-state index contributed by atoms with van der Waals surface area (Å²) in [7, 11) is 3.08. The van der Waals surface area contributed by atoms with Crippen molar-refractivity contribution in [2.75, 3.05) is 31.4 Å². The smallest absolute Gasteiger partial charge is 0.262 e. The van der Waals surface area contributed by atoms with Crippen LogP contribution >= 0.6 is 0 Å². The molecule has 0 atom stereocenters. The van der Waals surface area contributed by atoms with E-state index in [2.05, 4.69) is 25.9 Å². The molecule has 0 aliphatic heterocycles. The van der Waals surface area contributed by atoms with Crippen LogP contribution in [0.1, 0.15) is 6.92 Å². The van der Waals surface area contributed by atoms with Crippen molar-refractivity contribution in [2.45, 2.75) is 6.92 Å². The summed E-state index contributed by atoms with van der Waals surface area (Å²) in [5.41, 5.74) is 1.24. The summed E-state index contributed by atoms with van der Waals surface area (Å²) in [5.74, 6) is 0.0896. The van der Waals surface area contributed by atoms with E-state index in [9.17, 15) is 14.0 Å². The van der Waals surface area contributed by atoms with Crippen molar-refractivity contribution in [2.24, 2.45) is 0 Å². The lowest BCUT2D eigenvalue weighted by Gasteiger charge is -2.12. The fraction of sp³-hybridized carbons (Fsp3) is 0.143. The minimum Gasteiger partial charge on any atom is -0.493 e. The summed E-state index contributed by atoms with van der Waals surface area (Å²) in [5, 5.41) is 8.77.